The molecule has 18 heavy (non-hydrogen) atoms. The Balaban J connectivity index is 2.10. The van der Waals surface area contributed by atoms with Crippen molar-refractivity contribution >= 4 is 11.4 Å². The van der Waals surface area contributed by atoms with Crippen LogP contribution in [0, 0.1) is 5.92 Å². The maximum Gasteiger partial charge on any atom is 0.121 e. The van der Waals surface area contributed by atoms with Gasteiger partial charge < -0.3 is 20.1 Å². The van der Waals surface area contributed by atoms with E-state index < -0.39 is 0 Å². The van der Waals surface area contributed by atoms with Crippen molar-refractivity contribution in [2.24, 2.45) is 5.92 Å². The van der Waals surface area contributed by atoms with Crippen LogP contribution in [0.5, 0.6) is 5.75 Å². The van der Waals surface area contributed by atoms with E-state index in [1.807, 2.05) is 18.2 Å². The number of hydrogen-bond donors (Lipinski definition) is 1. The summed E-state index contributed by atoms with van der Waals surface area (Å²) in [5.74, 6) is 1.41. The van der Waals surface area contributed by atoms with Gasteiger partial charge in [-0.15, -0.1) is 0 Å². The number of rotatable bonds is 4. The Morgan fingerprint density at radius 3 is 2.89 bits per heavy atom. The normalized spacial score (nSPS) is 19.9. The van der Waals surface area contributed by atoms with Gasteiger partial charge in [0.2, 0.25) is 0 Å². The Bertz CT molecular complexity index is 393. The topological polar surface area (TPSA) is 47.7 Å². The summed E-state index contributed by atoms with van der Waals surface area (Å²) < 4.78 is 10.4. The minimum absolute atomic E-state index is 0.602. The molecule has 100 valence electrons. The Morgan fingerprint density at radius 2 is 2.22 bits per heavy atom. The Morgan fingerprint density at radius 1 is 1.39 bits per heavy atom. The van der Waals surface area contributed by atoms with Gasteiger partial charge in [0.05, 0.1) is 25.1 Å². The third-order valence-corrected chi connectivity index (χ3v) is 3.50. The second-order valence-electron chi connectivity index (χ2n) is 4.83. The van der Waals surface area contributed by atoms with Crippen molar-refractivity contribution in [3.8, 4) is 5.75 Å². The monoisotopic (exact) mass is 250 g/mol. The van der Waals surface area contributed by atoms with Crippen LogP contribution in [0.2, 0.25) is 0 Å². The summed E-state index contributed by atoms with van der Waals surface area (Å²) in [5.41, 5.74) is 7.99. The molecule has 0 aromatic heterocycles. The SMILES string of the molecule is COCC1CCCN(c2ccc(OC)cc2N)C1. The first-order chi connectivity index (χ1) is 8.74. The molecule has 1 unspecified atom stereocenters. The van der Waals surface area contributed by atoms with Gasteiger partial charge in [-0.2, -0.15) is 0 Å². The molecule has 0 radical (unpaired) electrons. The summed E-state index contributed by atoms with van der Waals surface area (Å²) in [6.07, 6.45) is 2.43. The molecule has 0 saturated carbocycles. The van der Waals surface area contributed by atoms with Gasteiger partial charge in [0.15, 0.2) is 0 Å². The van der Waals surface area contributed by atoms with E-state index in [4.69, 9.17) is 15.2 Å². The van der Waals surface area contributed by atoms with Crippen LogP contribution in [-0.4, -0.2) is 33.9 Å². The summed E-state index contributed by atoms with van der Waals surface area (Å²) in [5, 5.41) is 0. The molecule has 2 rings (SSSR count). The van der Waals surface area contributed by atoms with Gasteiger partial charge >= 0.3 is 0 Å². The molecular weight excluding hydrogens is 228 g/mol. The van der Waals surface area contributed by atoms with Gasteiger partial charge in [0.1, 0.15) is 5.75 Å². The first kappa shape index (κ1) is 13.0. The van der Waals surface area contributed by atoms with Crippen molar-refractivity contribution in [3.63, 3.8) is 0 Å². The average molecular weight is 250 g/mol. The van der Waals surface area contributed by atoms with Crippen LogP contribution in [0.3, 0.4) is 0 Å². The van der Waals surface area contributed by atoms with Crippen LogP contribution >= 0.6 is 0 Å². The lowest BCUT2D eigenvalue weighted by Crippen LogP contribution is -2.37. The lowest BCUT2D eigenvalue weighted by Gasteiger charge is -2.34. The molecule has 1 aromatic carbocycles. The predicted molar refractivity (Wildman–Crippen MR) is 74.2 cm³/mol. The van der Waals surface area contributed by atoms with E-state index in [1.54, 1.807) is 14.2 Å². The highest BCUT2D eigenvalue weighted by Crippen LogP contribution is 2.30. The molecule has 1 heterocycles. The van der Waals surface area contributed by atoms with Crippen molar-refractivity contribution in [3.05, 3.63) is 18.2 Å². The van der Waals surface area contributed by atoms with E-state index in [1.165, 1.54) is 12.8 Å². The van der Waals surface area contributed by atoms with Gasteiger partial charge in [-0.05, 0) is 30.9 Å². The van der Waals surface area contributed by atoms with E-state index in [0.29, 0.717) is 5.92 Å². The number of nitrogen functional groups attached to an aromatic ring is 1. The molecule has 2 N–H and O–H groups in total. The number of methoxy groups -OCH3 is 2. The molecule has 1 fully saturated rings. The summed E-state index contributed by atoms with van der Waals surface area (Å²) in [4.78, 5) is 2.35. The molecule has 0 aliphatic carbocycles. The molecule has 4 heteroatoms. The zero-order valence-electron chi connectivity index (χ0n) is 11.2. The molecule has 0 amide bonds. The van der Waals surface area contributed by atoms with Gasteiger partial charge in [-0.25, -0.2) is 0 Å². The van der Waals surface area contributed by atoms with Crippen LogP contribution < -0.4 is 15.4 Å². The minimum atomic E-state index is 0.602. The van der Waals surface area contributed by atoms with Crippen molar-refractivity contribution in [1.82, 2.24) is 0 Å². The Labute approximate surface area is 109 Å². The molecule has 0 bridgehead atoms. The number of nitrogens with two attached hydrogens (primary N) is 1. The zero-order valence-corrected chi connectivity index (χ0v) is 11.2. The Kier molecular flexibility index (Phi) is 4.31. The molecule has 1 aromatic rings. The van der Waals surface area contributed by atoms with Crippen LogP contribution in [0.15, 0.2) is 18.2 Å². The van der Waals surface area contributed by atoms with Gasteiger partial charge in [-0.1, -0.05) is 0 Å². The van der Waals surface area contributed by atoms with E-state index >= 15 is 0 Å². The predicted octanol–water partition coefficient (Wildman–Crippen LogP) is 2.14. The third kappa shape index (κ3) is 2.88. The fraction of sp³-hybridized carbons (Fsp3) is 0.571. The standard InChI is InChI=1S/C14H22N2O2/c1-17-10-11-4-3-7-16(9-11)14-6-5-12(18-2)8-13(14)15/h5-6,8,11H,3-4,7,9-10,15H2,1-2H3. The van der Waals surface area contributed by atoms with Gasteiger partial charge in [0.25, 0.3) is 0 Å². The quantitative estimate of drug-likeness (QED) is 0.832. The summed E-state index contributed by atoms with van der Waals surface area (Å²) in [6, 6.07) is 5.89. The molecule has 1 aliphatic heterocycles. The number of hydrogen-bond acceptors (Lipinski definition) is 4. The average Bonchev–Trinajstić information content (AvgIpc) is 2.39. The second-order valence-corrected chi connectivity index (χ2v) is 4.83. The van der Waals surface area contributed by atoms with E-state index in [-0.39, 0.29) is 0 Å². The highest BCUT2D eigenvalue weighted by molar-refractivity contribution is 5.69. The van der Waals surface area contributed by atoms with E-state index in [9.17, 15) is 0 Å². The lowest BCUT2D eigenvalue weighted by molar-refractivity contribution is 0.143. The van der Waals surface area contributed by atoms with Crippen LogP contribution in [-0.2, 0) is 4.74 Å². The Hall–Kier alpha value is -1.42. The highest BCUT2D eigenvalue weighted by Gasteiger charge is 2.21. The summed E-state index contributed by atoms with van der Waals surface area (Å²) in [7, 11) is 3.42. The fourth-order valence-corrected chi connectivity index (χ4v) is 2.60. The molecule has 4 nitrogen and oxygen atoms in total. The number of piperidine rings is 1. The third-order valence-electron chi connectivity index (χ3n) is 3.50. The fourth-order valence-electron chi connectivity index (χ4n) is 2.60. The number of anilines is 2. The zero-order chi connectivity index (χ0) is 13.0. The molecule has 1 atom stereocenters. The van der Waals surface area contributed by atoms with Crippen LogP contribution in [0.1, 0.15) is 12.8 Å². The lowest BCUT2D eigenvalue weighted by atomic mass is 9.98. The van der Waals surface area contributed by atoms with E-state index in [0.717, 1.165) is 36.8 Å². The number of ether oxygens (including phenoxy) is 2. The van der Waals surface area contributed by atoms with Crippen molar-refractivity contribution in [1.29, 1.82) is 0 Å². The summed E-state index contributed by atoms with van der Waals surface area (Å²) >= 11 is 0. The van der Waals surface area contributed by atoms with Crippen molar-refractivity contribution in [2.75, 3.05) is 44.5 Å². The first-order valence-electron chi connectivity index (χ1n) is 6.42. The largest absolute Gasteiger partial charge is 0.497 e. The summed E-state index contributed by atoms with van der Waals surface area (Å²) in [6.45, 7) is 2.91. The van der Waals surface area contributed by atoms with Crippen LogP contribution in [0.25, 0.3) is 0 Å². The van der Waals surface area contributed by atoms with Crippen molar-refractivity contribution in [2.45, 2.75) is 12.8 Å². The molecule has 0 spiro atoms. The smallest absolute Gasteiger partial charge is 0.121 e. The highest BCUT2D eigenvalue weighted by atomic mass is 16.5. The molecule has 1 saturated heterocycles. The first-order valence-corrected chi connectivity index (χ1v) is 6.42. The molecule has 1 aliphatic rings. The van der Waals surface area contributed by atoms with Gasteiger partial charge in [0, 0.05) is 26.3 Å². The maximum absolute atomic E-state index is 6.09. The minimum Gasteiger partial charge on any atom is -0.497 e. The number of nitrogens with zero attached hydrogens (tertiary/aromatic N) is 1. The number of benzene rings is 1. The van der Waals surface area contributed by atoms with E-state index in [2.05, 4.69) is 4.90 Å². The molecular formula is C14H22N2O2. The van der Waals surface area contributed by atoms with Gasteiger partial charge in [-0.3, -0.25) is 0 Å². The maximum atomic E-state index is 6.09. The van der Waals surface area contributed by atoms with Crippen LogP contribution in [0.4, 0.5) is 11.4 Å². The second kappa shape index (κ2) is 5.96. The van der Waals surface area contributed by atoms with Crippen molar-refractivity contribution < 1.29 is 9.47 Å².